The van der Waals surface area contributed by atoms with Gasteiger partial charge in [-0.25, -0.2) is 9.97 Å². The number of pyridine rings is 1. The Morgan fingerprint density at radius 2 is 1.96 bits per heavy atom. The lowest BCUT2D eigenvalue weighted by Crippen LogP contribution is -2.17. The van der Waals surface area contributed by atoms with Crippen molar-refractivity contribution in [1.82, 2.24) is 24.5 Å². The van der Waals surface area contributed by atoms with Gasteiger partial charge in [0.1, 0.15) is 11.5 Å². The first-order valence-electron chi connectivity index (χ1n) is 9.33. The predicted octanol–water partition coefficient (Wildman–Crippen LogP) is 3.77. The molecule has 28 heavy (non-hydrogen) atoms. The molecule has 0 fully saturated rings. The standard InChI is InChI=1S/C21H22N6O/c1-14(2)19-23-13-17(24-19)20(28)26-21-25-16-8-3-4-9-18(16)27(21)12-10-15-7-5-6-11-22-15/h3-9,11,13-14H,10,12H2,1-2H3,(H,23,24)(H,25,26,28). The molecule has 0 aliphatic rings. The molecule has 0 bridgehead atoms. The molecule has 0 radical (unpaired) electrons. The summed E-state index contributed by atoms with van der Waals surface area (Å²) in [5.74, 6) is 1.27. The number of carbonyl (C=O) groups is 1. The van der Waals surface area contributed by atoms with Crippen molar-refractivity contribution in [2.45, 2.75) is 32.7 Å². The van der Waals surface area contributed by atoms with Crippen molar-refractivity contribution in [3.63, 3.8) is 0 Å². The second kappa shape index (κ2) is 7.64. The first-order chi connectivity index (χ1) is 13.6. The Morgan fingerprint density at radius 1 is 1.14 bits per heavy atom. The van der Waals surface area contributed by atoms with Crippen molar-refractivity contribution < 1.29 is 4.79 Å². The van der Waals surface area contributed by atoms with Crippen molar-refractivity contribution in [3.8, 4) is 0 Å². The lowest BCUT2D eigenvalue weighted by molar-refractivity contribution is 0.102. The molecule has 3 heterocycles. The zero-order chi connectivity index (χ0) is 19.5. The van der Waals surface area contributed by atoms with Crippen LogP contribution in [0.5, 0.6) is 0 Å². The molecule has 1 amide bonds. The molecule has 0 unspecified atom stereocenters. The minimum Gasteiger partial charge on any atom is -0.338 e. The summed E-state index contributed by atoms with van der Waals surface area (Å²) in [6.07, 6.45) is 4.09. The number of nitrogens with one attached hydrogen (secondary N) is 2. The smallest absolute Gasteiger partial charge is 0.276 e. The van der Waals surface area contributed by atoms with E-state index in [-0.39, 0.29) is 11.8 Å². The number of imidazole rings is 2. The Hall–Kier alpha value is -3.48. The Labute approximate surface area is 162 Å². The third kappa shape index (κ3) is 3.64. The number of carbonyl (C=O) groups excluding carboxylic acids is 1. The Morgan fingerprint density at radius 3 is 2.71 bits per heavy atom. The van der Waals surface area contributed by atoms with Crippen LogP contribution in [0.2, 0.25) is 0 Å². The van der Waals surface area contributed by atoms with E-state index in [0.29, 0.717) is 18.2 Å². The number of amides is 1. The van der Waals surface area contributed by atoms with Gasteiger partial charge in [-0.3, -0.25) is 15.1 Å². The highest BCUT2D eigenvalue weighted by molar-refractivity contribution is 6.02. The summed E-state index contributed by atoms with van der Waals surface area (Å²) >= 11 is 0. The summed E-state index contributed by atoms with van der Waals surface area (Å²) in [6, 6.07) is 13.7. The molecule has 0 aliphatic carbocycles. The highest BCUT2D eigenvalue weighted by atomic mass is 16.2. The number of nitrogens with zero attached hydrogens (tertiary/aromatic N) is 4. The number of hydrogen-bond acceptors (Lipinski definition) is 4. The average Bonchev–Trinajstić information content (AvgIpc) is 3.32. The van der Waals surface area contributed by atoms with Gasteiger partial charge in [-0.2, -0.15) is 0 Å². The molecule has 1 aromatic carbocycles. The number of benzene rings is 1. The Kier molecular flexibility index (Phi) is 4.89. The number of aromatic nitrogens is 5. The van der Waals surface area contributed by atoms with Crippen LogP contribution in [0.3, 0.4) is 0 Å². The number of aryl methyl sites for hydroxylation is 2. The van der Waals surface area contributed by atoms with Crippen LogP contribution < -0.4 is 5.32 Å². The van der Waals surface area contributed by atoms with Gasteiger partial charge in [0, 0.05) is 30.8 Å². The molecule has 2 N–H and O–H groups in total. The monoisotopic (exact) mass is 374 g/mol. The molecule has 0 spiro atoms. The molecule has 7 nitrogen and oxygen atoms in total. The fourth-order valence-electron chi connectivity index (χ4n) is 3.08. The largest absolute Gasteiger partial charge is 0.338 e. The van der Waals surface area contributed by atoms with Crippen molar-refractivity contribution in [2.75, 3.05) is 5.32 Å². The average molecular weight is 374 g/mol. The number of anilines is 1. The fraction of sp³-hybridized carbons (Fsp3) is 0.238. The SMILES string of the molecule is CC(C)c1ncc(C(=O)Nc2nc3ccccc3n2CCc2ccccn2)[nH]1. The van der Waals surface area contributed by atoms with Gasteiger partial charge in [0.15, 0.2) is 0 Å². The van der Waals surface area contributed by atoms with Crippen LogP contribution in [0.25, 0.3) is 11.0 Å². The van der Waals surface area contributed by atoms with Crippen molar-refractivity contribution >= 4 is 22.9 Å². The van der Waals surface area contributed by atoms with Crippen molar-refractivity contribution in [2.24, 2.45) is 0 Å². The quantitative estimate of drug-likeness (QED) is 0.538. The predicted molar refractivity (Wildman–Crippen MR) is 108 cm³/mol. The summed E-state index contributed by atoms with van der Waals surface area (Å²) in [7, 11) is 0. The number of para-hydroxylation sites is 2. The molecule has 0 saturated carbocycles. The molecule has 0 aliphatic heterocycles. The first kappa shape index (κ1) is 17.9. The summed E-state index contributed by atoms with van der Waals surface area (Å²) in [4.78, 5) is 29.0. The van der Waals surface area contributed by atoms with Crippen molar-refractivity contribution in [1.29, 1.82) is 0 Å². The second-order valence-electron chi connectivity index (χ2n) is 6.94. The minimum absolute atomic E-state index is 0.226. The van der Waals surface area contributed by atoms with E-state index in [1.54, 1.807) is 12.4 Å². The Bertz CT molecular complexity index is 1100. The van der Waals surface area contributed by atoms with Crippen LogP contribution in [-0.4, -0.2) is 30.4 Å². The van der Waals surface area contributed by atoms with Crippen LogP contribution in [0.4, 0.5) is 5.95 Å². The van der Waals surface area contributed by atoms with Gasteiger partial charge in [0.25, 0.3) is 5.91 Å². The maximum absolute atomic E-state index is 12.7. The van der Waals surface area contributed by atoms with E-state index in [1.165, 1.54) is 0 Å². The van der Waals surface area contributed by atoms with Gasteiger partial charge >= 0.3 is 0 Å². The third-order valence-electron chi connectivity index (χ3n) is 4.58. The highest BCUT2D eigenvalue weighted by Crippen LogP contribution is 2.21. The van der Waals surface area contributed by atoms with Gasteiger partial charge in [0.05, 0.1) is 17.2 Å². The maximum Gasteiger partial charge on any atom is 0.276 e. The zero-order valence-corrected chi connectivity index (χ0v) is 15.9. The molecule has 0 atom stereocenters. The molecule has 4 rings (SSSR count). The van der Waals surface area contributed by atoms with E-state index < -0.39 is 0 Å². The molecular weight excluding hydrogens is 352 g/mol. The second-order valence-corrected chi connectivity index (χ2v) is 6.94. The third-order valence-corrected chi connectivity index (χ3v) is 4.58. The summed E-state index contributed by atoms with van der Waals surface area (Å²) in [5, 5.41) is 2.93. The van der Waals surface area contributed by atoms with Crippen LogP contribution in [-0.2, 0) is 13.0 Å². The number of fused-ring (bicyclic) bond motifs is 1. The van der Waals surface area contributed by atoms with Gasteiger partial charge in [-0.15, -0.1) is 0 Å². The maximum atomic E-state index is 12.7. The van der Waals surface area contributed by atoms with Gasteiger partial charge < -0.3 is 9.55 Å². The van der Waals surface area contributed by atoms with Crippen LogP contribution in [0.1, 0.15) is 41.8 Å². The van der Waals surface area contributed by atoms with E-state index in [2.05, 4.69) is 25.3 Å². The molecular formula is C21H22N6O. The molecule has 7 heteroatoms. The number of hydrogen-bond donors (Lipinski definition) is 2. The number of H-pyrrole nitrogens is 1. The van der Waals surface area contributed by atoms with Crippen LogP contribution >= 0.6 is 0 Å². The van der Waals surface area contributed by atoms with E-state index >= 15 is 0 Å². The van der Waals surface area contributed by atoms with E-state index in [4.69, 9.17) is 0 Å². The highest BCUT2D eigenvalue weighted by Gasteiger charge is 2.16. The van der Waals surface area contributed by atoms with E-state index in [9.17, 15) is 4.79 Å². The number of rotatable bonds is 6. The first-order valence-corrected chi connectivity index (χ1v) is 9.33. The van der Waals surface area contributed by atoms with E-state index in [1.807, 2.05) is 60.9 Å². The molecule has 0 saturated heterocycles. The summed E-state index contributed by atoms with van der Waals surface area (Å²) < 4.78 is 2.02. The van der Waals surface area contributed by atoms with E-state index in [0.717, 1.165) is 29.0 Å². The summed E-state index contributed by atoms with van der Waals surface area (Å²) in [5.41, 5.74) is 3.23. The van der Waals surface area contributed by atoms with Crippen molar-refractivity contribution in [3.05, 3.63) is 72.1 Å². The van der Waals surface area contributed by atoms with Gasteiger partial charge in [-0.1, -0.05) is 32.0 Å². The topological polar surface area (TPSA) is 88.5 Å². The zero-order valence-electron chi connectivity index (χ0n) is 15.9. The van der Waals surface area contributed by atoms with Crippen LogP contribution in [0.15, 0.2) is 54.9 Å². The lowest BCUT2D eigenvalue weighted by Gasteiger charge is -2.09. The summed E-state index contributed by atoms with van der Waals surface area (Å²) in [6.45, 7) is 4.71. The lowest BCUT2D eigenvalue weighted by atomic mass is 10.2. The normalized spacial score (nSPS) is 11.2. The van der Waals surface area contributed by atoms with Crippen LogP contribution in [0, 0.1) is 0 Å². The van der Waals surface area contributed by atoms with Gasteiger partial charge in [-0.05, 0) is 24.3 Å². The fourth-order valence-corrected chi connectivity index (χ4v) is 3.08. The minimum atomic E-state index is -0.256. The molecule has 142 valence electrons. The molecule has 3 aromatic heterocycles. The Balaban J connectivity index is 1.61. The number of aromatic amines is 1. The molecule has 4 aromatic rings. The van der Waals surface area contributed by atoms with Gasteiger partial charge in [0.2, 0.25) is 5.95 Å².